The first-order valence-electron chi connectivity index (χ1n) is 5.12. The molecule has 0 saturated heterocycles. The number of nitrogens with one attached hydrogen (secondary N) is 1. The quantitative estimate of drug-likeness (QED) is 0.888. The summed E-state index contributed by atoms with van der Waals surface area (Å²) in [7, 11) is 0. The lowest BCUT2D eigenvalue weighted by atomic mass is 10.2. The number of hydrogen-bond acceptors (Lipinski definition) is 3. The molecule has 0 aliphatic carbocycles. The van der Waals surface area contributed by atoms with Crippen molar-refractivity contribution in [2.45, 2.75) is 13.5 Å². The Bertz CT molecular complexity index is 491. The highest BCUT2D eigenvalue weighted by atomic mass is 19.1. The molecule has 0 spiro atoms. The lowest BCUT2D eigenvalue weighted by Gasteiger charge is -2.06. The van der Waals surface area contributed by atoms with Crippen molar-refractivity contribution in [2.75, 3.05) is 5.32 Å². The molecule has 1 heterocycles. The van der Waals surface area contributed by atoms with E-state index in [0.717, 1.165) is 5.56 Å². The minimum Gasteiger partial charge on any atom is -0.350 e. The van der Waals surface area contributed by atoms with Crippen molar-refractivity contribution in [1.29, 1.82) is 0 Å². The van der Waals surface area contributed by atoms with Gasteiger partial charge in [0, 0.05) is 24.5 Å². The van der Waals surface area contributed by atoms with E-state index in [0.29, 0.717) is 5.95 Å². The largest absolute Gasteiger partial charge is 0.350 e. The lowest BCUT2D eigenvalue weighted by molar-refractivity contribution is 0.559. The van der Waals surface area contributed by atoms with Crippen LogP contribution in [0.5, 0.6) is 0 Å². The summed E-state index contributed by atoms with van der Waals surface area (Å²) in [5.74, 6) is -0.813. The predicted molar refractivity (Wildman–Crippen MR) is 60.5 cm³/mol. The third kappa shape index (κ3) is 2.75. The Morgan fingerprint density at radius 1 is 1.12 bits per heavy atom. The minimum absolute atomic E-state index is 0.0154. The second kappa shape index (κ2) is 4.86. The second-order valence-corrected chi connectivity index (χ2v) is 3.64. The minimum atomic E-state index is -0.579. The summed E-state index contributed by atoms with van der Waals surface area (Å²) >= 11 is 0. The van der Waals surface area contributed by atoms with Crippen molar-refractivity contribution < 1.29 is 8.78 Å². The normalized spacial score (nSPS) is 10.3. The number of halogens is 2. The summed E-state index contributed by atoms with van der Waals surface area (Å²) in [4.78, 5) is 7.97. The van der Waals surface area contributed by atoms with Gasteiger partial charge in [-0.25, -0.2) is 18.7 Å². The van der Waals surface area contributed by atoms with E-state index in [1.54, 1.807) is 12.4 Å². The van der Waals surface area contributed by atoms with E-state index in [-0.39, 0.29) is 12.1 Å². The van der Waals surface area contributed by atoms with Crippen molar-refractivity contribution >= 4 is 5.95 Å². The number of benzene rings is 1. The molecular formula is C12H11F2N3. The zero-order valence-electron chi connectivity index (χ0n) is 9.24. The van der Waals surface area contributed by atoms with Gasteiger partial charge < -0.3 is 5.32 Å². The van der Waals surface area contributed by atoms with E-state index >= 15 is 0 Å². The van der Waals surface area contributed by atoms with Gasteiger partial charge in [0.25, 0.3) is 0 Å². The molecule has 2 aromatic rings. The van der Waals surface area contributed by atoms with Crippen LogP contribution >= 0.6 is 0 Å². The van der Waals surface area contributed by atoms with Crippen LogP contribution in [0.25, 0.3) is 0 Å². The van der Waals surface area contributed by atoms with Gasteiger partial charge in [0.15, 0.2) is 0 Å². The summed E-state index contributed by atoms with van der Waals surface area (Å²) < 4.78 is 26.6. The molecule has 1 aromatic carbocycles. The average molecular weight is 235 g/mol. The molecule has 0 saturated carbocycles. The first-order chi connectivity index (χ1) is 8.16. The number of rotatable bonds is 3. The monoisotopic (exact) mass is 235 g/mol. The van der Waals surface area contributed by atoms with Crippen LogP contribution in [0.1, 0.15) is 11.1 Å². The van der Waals surface area contributed by atoms with Crippen LogP contribution in [0.2, 0.25) is 0 Å². The first-order valence-corrected chi connectivity index (χ1v) is 5.12. The number of aryl methyl sites for hydroxylation is 1. The van der Waals surface area contributed by atoms with Crippen LogP contribution in [0.3, 0.4) is 0 Å². The van der Waals surface area contributed by atoms with Gasteiger partial charge in [-0.05, 0) is 24.6 Å². The first kappa shape index (κ1) is 11.4. The Kier molecular flexibility index (Phi) is 3.27. The molecule has 5 heteroatoms. The summed E-state index contributed by atoms with van der Waals surface area (Å²) in [5, 5.41) is 2.77. The summed E-state index contributed by atoms with van der Waals surface area (Å²) in [5.41, 5.74) is 0.907. The molecular weight excluding hydrogens is 224 g/mol. The number of aromatic nitrogens is 2. The SMILES string of the molecule is Cc1cnc(NCc2c(F)cccc2F)nc1. The fourth-order valence-corrected chi connectivity index (χ4v) is 1.35. The van der Waals surface area contributed by atoms with Crippen molar-refractivity contribution in [1.82, 2.24) is 9.97 Å². The van der Waals surface area contributed by atoms with Crippen LogP contribution in [-0.4, -0.2) is 9.97 Å². The highest BCUT2D eigenvalue weighted by Crippen LogP contribution is 2.13. The molecule has 0 aliphatic heterocycles. The molecule has 0 aliphatic rings. The van der Waals surface area contributed by atoms with Crippen molar-refractivity contribution in [3.63, 3.8) is 0 Å². The zero-order valence-corrected chi connectivity index (χ0v) is 9.24. The summed E-state index contributed by atoms with van der Waals surface area (Å²) in [6.07, 6.45) is 3.26. The lowest BCUT2D eigenvalue weighted by Crippen LogP contribution is -2.07. The van der Waals surface area contributed by atoms with Crippen LogP contribution in [0, 0.1) is 18.6 Å². The van der Waals surface area contributed by atoms with Crippen molar-refractivity contribution in [2.24, 2.45) is 0 Å². The maximum absolute atomic E-state index is 13.3. The maximum Gasteiger partial charge on any atom is 0.222 e. The number of anilines is 1. The molecule has 88 valence electrons. The van der Waals surface area contributed by atoms with Gasteiger partial charge in [0.05, 0.1) is 0 Å². The van der Waals surface area contributed by atoms with E-state index < -0.39 is 11.6 Å². The fraction of sp³-hybridized carbons (Fsp3) is 0.167. The molecule has 0 unspecified atom stereocenters. The third-order valence-electron chi connectivity index (χ3n) is 2.27. The molecule has 0 amide bonds. The standard InChI is InChI=1S/C12H11F2N3/c1-8-5-15-12(16-6-8)17-7-9-10(13)3-2-4-11(9)14/h2-6H,7H2,1H3,(H,15,16,17). The molecule has 0 fully saturated rings. The predicted octanol–water partition coefficient (Wildman–Crippen LogP) is 2.68. The number of hydrogen-bond donors (Lipinski definition) is 1. The fourth-order valence-electron chi connectivity index (χ4n) is 1.35. The smallest absolute Gasteiger partial charge is 0.222 e. The highest BCUT2D eigenvalue weighted by molar-refractivity contribution is 5.29. The van der Waals surface area contributed by atoms with Crippen LogP contribution in [0.4, 0.5) is 14.7 Å². The summed E-state index contributed by atoms with van der Waals surface area (Å²) in [6, 6.07) is 3.77. The number of nitrogens with zero attached hydrogens (tertiary/aromatic N) is 2. The molecule has 1 N–H and O–H groups in total. The highest BCUT2D eigenvalue weighted by Gasteiger charge is 2.08. The van der Waals surface area contributed by atoms with Gasteiger partial charge in [0.1, 0.15) is 11.6 Å². The molecule has 1 aromatic heterocycles. The summed E-state index contributed by atoms with van der Waals surface area (Å²) in [6.45, 7) is 1.88. The van der Waals surface area contributed by atoms with Gasteiger partial charge in [-0.2, -0.15) is 0 Å². The Morgan fingerprint density at radius 2 is 1.71 bits per heavy atom. The van der Waals surface area contributed by atoms with Crippen LogP contribution in [0.15, 0.2) is 30.6 Å². The van der Waals surface area contributed by atoms with E-state index in [9.17, 15) is 8.78 Å². The Hall–Kier alpha value is -2.04. The molecule has 2 rings (SSSR count). The maximum atomic E-state index is 13.3. The molecule has 0 atom stereocenters. The Morgan fingerprint density at radius 3 is 2.29 bits per heavy atom. The van der Waals surface area contributed by atoms with Gasteiger partial charge in [0.2, 0.25) is 5.95 Å². The molecule has 17 heavy (non-hydrogen) atoms. The van der Waals surface area contributed by atoms with Crippen molar-refractivity contribution in [3.05, 3.63) is 53.4 Å². The van der Waals surface area contributed by atoms with Crippen LogP contribution in [-0.2, 0) is 6.54 Å². The third-order valence-corrected chi connectivity index (χ3v) is 2.27. The van der Waals surface area contributed by atoms with E-state index in [4.69, 9.17) is 0 Å². The van der Waals surface area contributed by atoms with Gasteiger partial charge in [-0.15, -0.1) is 0 Å². The van der Waals surface area contributed by atoms with Gasteiger partial charge >= 0.3 is 0 Å². The Labute approximate surface area is 97.5 Å². The molecule has 0 radical (unpaired) electrons. The van der Waals surface area contributed by atoms with Crippen LogP contribution < -0.4 is 5.32 Å². The molecule has 3 nitrogen and oxygen atoms in total. The Balaban J connectivity index is 2.10. The van der Waals surface area contributed by atoms with E-state index in [2.05, 4.69) is 15.3 Å². The van der Waals surface area contributed by atoms with Crippen molar-refractivity contribution in [3.8, 4) is 0 Å². The second-order valence-electron chi connectivity index (χ2n) is 3.64. The zero-order chi connectivity index (χ0) is 12.3. The average Bonchev–Trinajstić information content (AvgIpc) is 2.31. The topological polar surface area (TPSA) is 37.8 Å². The van der Waals surface area contributed by atoms with Gasteiger partial charge in [-0.1, -0.05) is 6.07 Å². The van der Waals surface area contributed by atoms with E-state index in [1.807, 2.05) is 6.92 Å². The van der Waals surface area contributed by atoms with E-state index in [1.165, 1.54) is 18.2 Å². The molecule has 0 bridgehead atoms. The van der Waals surface area contributed by atoms with Gasteiger partial charge in [-0.3, -0.25) is 0 Å².